The first-order chi connectivity index (χ1) is 7.79. The molecule has 1 N–H and O–H groups in total. The molecule has 3 rings (SSSR count). The maximum atomic E-state index is 11.7. The Morgan fingerprint density at radius 3 is 3.19 bits per heavy atom. The van der Waals surface area contributed by atoms with Crippen molar-refractivity contribution in [2.75, 3.05) is 0 Å². The van der Waals surface area contributed by atoms with Crippen LogP contribution in [0, 0.1) is 0 Å². The van der Waals surface area contributed by atoms with E-state index in [1.54, 1.807) is 16.7 Å². The van der Waals surface area contributed by atoms with Crippen LogP contribution in [-0.2, 0) is 5.88 Å². The minimum atomic E-state index is -0.119. The molecule has 0 atom stereocenters. The van der Waals surface area contributed by atoms with E-state index in [2.05, 4.69) is 9.97 Å². The van der Waals surface area contributed by atoms with Gasteiger partial charge in [-0.05, 0) is 23.8 Å². The average Bonchev–Trinajstić information content (AvgIpc) is 2.78. The van der Waals surface area contributed by atoms with Gasteiger partial charge in [0, 0.05) is 18.3 Å². The summed E-state index contributed by atoms with van der Waals surface area (Å²) in [6.45, 7) is 0. The third-order valence-electron chi connectivity index (χ3n) is 2.54. The summed E-state index contributed by atoms with van der Waals surface area (Å²) in [7, 11) is 0. The molecular formula is C11H8ClN3O. The summed E-state index contributed by atoms with van der Waals surface area (Å²) < 4.78 is 1.77. The topological polar surface area (TPSA) is 50.2 Å². The number of fused-ring (bicyclic) bond motifs is 3. The molecule has 0 saturated carbocycles. The van der Waals surface area contributed by atoms with Crippen LogP contribution < -0.4 is 5.56 Å². The van der Waals surface area contributed by atoms with Crippen LogP contribution in [0.25, 0.3) is 16.7 Å². The Balaban J connectivity index is 2.53. The lowest BCUT2D eigenvalue weighted by Crippen LogP contribution is -2.10. The monoisotopic (exact) mass is 233 g/mol. The van der Waals surface area contributed by atoms with Crippen LogP contribution in [0.1, 0.15) is 5.56 Å². The second-order valence-corrected chi connectivity index (χ2v) is 3.83. The van der Waals surface area contributed by atoms with Crippen LogP contribution in [0.2, 0.25) is 0 Å². The van der Waals surface area contributed by atoms with E-state index in [1.165, 1.54) is 0 Å². The summed E-state index contributed by atoms with van der Waals surface area (Å²) >= 11 is 5.73. The van der Waals surface area contributed by atoms with Crippen LogP contribution in [0.5, 0.6) is 0 Å². The van der Waals surface area contributed by atoms with Gasteiger partial charge in [0.2, 0.25) is 0 Å². The van der Waals surface area contributed by atoms with Crippen molar-refractivity contribution in [1.82, 2.24) is 14.4 Å². The van der Waals surface area contributed by atoms with Gasteiger partial charge in [0.1, 0.15) is 5.52 Å². The highest BCUT2D eigenvalue weighted by atomic mass is 35.5. The average molecular weight is 234 g/mol. The van der Waals surface area contributed by atoms with Gasteiger partial charge in [0.15, 0.2) is 5.65 Å². The van der Waals surface area contributed by atoms with Crippen LogP contribution >= 0.6 is 11.6 Å². The fourth-order valence-corrected chi connectivity index (χ4v) is 1.94. The van der Waals surface area contributed by atoms with E-state index < -0.39 is 0 Å². The number of nitrogens with zero attached hydrogens (tertiary/aromatic N) is 2. The molecule has 5 heteroatoms. The molecule has 0 aromatic carbocycles. The minimum Gasteiger partial charge on any atom is -0.317 e. The maximum Gasteiger partial charge on any atom is 0.272 e. The van der Waals surface area contributed by atoms with E-state index in [4.69, 9.17) is 11.6 Å². The lowest BCUT2D eigenvalue weighted by atomic mass is 10.3. The first kappa shape index (κ1) is 9.42. The maximum absolute atomic E-state index is 11.7. The predicted octanol–water partition coefficient (Wildman–Crippen LogP) is 1.91. The van der Waals surface area contributed by atoms with Crippen molar-refractivity contribution in [3.8, 4) is 0 Å². The molecule has 0 bridgehead atoms. The number of hydrogen-bond donors (Lipinski definition) is 1. The molecule has 0 radical (unpaired) electrons. The van der Waals surface area contributed by atoms with Gasteiger partial charge >= 0.3 is 0 Å². The van der Waals surface area contributed by atoms with Gasteiger partial charge in [-0.2, -0.15) is 0 Å². The number of rotatable bonds is 1. The van der Waals surface area contributed by atoms with E-state index in [-0.39, 0.29) is 5.56 Å². The molecular weight excluding hydrogens is 226 g/mol. The molecule has 0 aliphatic heterocycles. The molecule has 0 unspecified atom stereocenters. The smallest absolute Gasteiger partial charge is 0.272 e. The number of halogens is 1. The molecule has 16 heavy (non-hydrogen) atoms. The van der Waals surface area contributed by atoms with Crippen LogP contribution in [0.4, 0.5) is 0 Å². The molecule has 0 amide bonds. The number of aromatic amines is 1. The Labute approximate surface area is 95.5 Å². The zero-order valence-corrected chi connectivity index (χ0v) is 9.03. The van der Waals surface area contributed by atoms with E-state index in [9.17, 15) is 4.79 Å². The van der Waals surface area contributed by atoms with Gasteiger partial charge in [0.05, 0.1) is 5.52 Å². The number of hydrogen-bond acceptors (Lipinski definition) is 2. The van der Waals surface area contributed by atoms with Gasteiger partial charge in [-0.25, -0.2) is 4.98 Å². The van der Waals surface area contributed by atoms with Crippen molar-refractivity contribution < 1.29 is 0 Å². The second-order valence-electron chi connectivity index (χ2n) is 3.57. The summed E-state index contributed by atoms with van der Waals surface area (Å²) in [6.07, 6.45) is 3.54. The number of alkyl halides is 1. The Hall–Kier alpha value is -1.81. The lowest BCUT2D eigenvalue weighted by Gasteiger charge is -2.02. The van der Waals surface area contributed by atoms with E-state index >= 15 is 0 Å². The highest BCUT2D eigenvalue weighted by Gasteiger charge is 2.05. The number of H-pyrrole nitrogens is 1. The summed E-state index contributed by atoms with van der Waals surface area (Å²) in [4.78, 5) is 18.8. The highest BCUT2D eigenvalue weighted by molar-refractivity contribution is 6.17. The minimum absolute atomic E-state index is 0.119. The summed E-state index contributed by atoms with van der Waals surface area (Å²) in [5, 5.41) is 0. The fraction of sp³-hybridized carbons (Fsp3) is 0.0909. The molecule has 3 aromatic heterocycles. The van der Waals surface area contributed by atoms with Gasteiger partial charge in [0.25, 0.3) is 5.56 Å². The molecule has 0 saturated heterocycles. The molecule has 80 valence electrons. The second kappa shape index (κ2) is 3.35. The van der Waals surface area contributed by atoms with Crippen molar-refractivity contribution in [3.05, 3.63) is 46.5 Å². The fourth-order valence-electron chi connectivity index (χ4n) is 1.79. The molecule has 0 aliphatic carbocycles. The van der Waals surface area contributed by atoms with Gasteiger partial charge in [-0.15, -0.1) is 11.6 Å². The number of pyridine rings is 1. The van der Waals surface area contributed by atoms with Crippen molar-refractivity contribution in [2.24, 2.45) is 0 Å². The third-order valence-corrected chi connectivity index (χ3v) is 2.84. The van der Waals surface area contributed by atoms with Gasteiger partial charge in [-0.1, -0.05) is 0 Å². The van der Waals surface area contributed by atoms with Crippen molar-refractivity contribution in [3.63, 3.8) is 0 Å². The quantitative estimate of drug-likeness (QED) is 0.653. The Kier molecular flexibility index (Phi) is 1.97. The van der Waals surface area contributed by atoms with Crippen molar-refractivity contribution in [2.45, 2.75) is 5.88 Å². The summed E-state index contributed by atoms with van der Waals surface area (Å²) in [6, 6.07) is 5.42. The van der Waals surface area contributed by atoms with Gasteiger partial charge < -0.3 is 4.98 Å². The first-order valence-corrected chi connectivity index (χ1v) is 5.37. The Morgan fingerprint density at radius 2 is 2.38 bits per heavy atom. The van der Waals surface area contributed by atoms with Crippen LogP contribution in [0.15, 0.2) is 35.4 Å². The van der Waals surface area contributed by atoms with E-state index in [0.29, 0.717) is 16.9 Å². The Bertz CT molecular complexity index is 729. The van der Waals surface area contributed by atoms with Crippen LogP contribution in [0.3, 0.4) is 0 Å². The van der Waals surface area contributed by atoms with Crippen LogP contribution in [-0.4, -0.2) is 14.4 Å². The number of aromatic nitrogens is 3. The Morgan fingerprint density at radius 1 is 1.50 bits per heavy atom. The summed E-state index contributed by atoms with van der Waals surface area (Å²) in [5.74, 6) is 0.384. The molecule has 0 aliphatic rings. The number of nitrogens with one attached hydrogen (secondary N) is 1. The lowest BCUT2D eigenvalue weighted by molar-refractivity contribution is 1.13. The standard InChI is InChI=1S/C11H8ClN3O/c12-5-7-4-8-10(13-6-7)15-3-1-2-9(15)11(16)14-8/h1-4,6H,5H2,(H,14,16). The van der Waals surface area contributed by atoms with E-state index in [1.807, 2.05) is 18.3 Å². The zero-order valence-electron chi connectivity index (χ0n) is 8.27. The van der Waals surface area contributed by atoms with Crippen molar-refractivity contribution in [1.29, 1.82) is 0 Å². The highest BCUT2D eigenvalue weighted by Crippen LogP contribution is 2.12. The molecule has 3 aromatic rings. The molecule has 0 fully saturated rings. The zero-order chi connectivity index (χ0) is 11.1. The summed E-state index contributed by atoms with van der Waals surface area (Å²) in [5.41, 5.74) is 2.79. The van der Waals surface area contributed by atoms with E-state index in [0.717, 1.165) is 11.2 Å². The van der Waals surface area contributed by atoms with Gasteiger partial charge in [-0.3, -0.25) is 9.20 Å². The molecule has 0 spiro atoms. The molecule has 3 heterocycles. The largest absolute Gasteiger partial charge is 0.317 e. The predicted molar refractivity (Wildman–Crippen MR) is 62.9 cm³/mol. The first-order valence-electron chi connectivity index (χ1n) is 4.83. The third kappa shape index (κ3) is 1.23. The van der Waals surface area contributed by atoms with Crippen molar-refractivity contribution >= 4 is 28.3 Å². The SMILES string of the molecule is O=c1[nH]c2cc(CCl)cnc2n2cccc12. The molecule has 4 nitrogen and oxygen atoms in total. The normalized spacial score (nSPS) is 11.3.